The van der Waals surface area contributed by atoms with Crippen molar-refractivity contribution >= 4 is 11.8 Å². The van der Waals surface area contributed by atoms with Gasteiger partial charge in [0.2, 0.25) is 11.8 Å². The van der Waals surface area contributed by atoms with Crippen LogP contribution in [0.15, 0.2) is 0 Å². The summed E-state index contributed by atoms with van der Waals surface area (Å²) in [5.74, 6) is 0.227. The summed E-state index contributed by atoms with van der Waals surface area (Å²) in [4.78, 5) is 21.8. The molecule has 0 aliphatic heterocycles. The zero-order valence-electron chi connectivity index (χ0n) is 11.9. The fraction of sp³-hybridized carbons (Fsp3) is 0.857. The van der Waals surface area contributed by atoms with Gasteiger partial charge < -0.3 is 10.6 Å². The second-order valence-electron chi connectivity index (χ2n) is 4.70. The van der Waals surface area contributed by atoms with E-state index in [1.54, 1.807) is 6.92 Å². The predicted octanol–water partition coefficient (Wildman–Crippen LogP) is 2.38. The molecule has 0 radical (unpaired) electrons. The zero-order valence-corrected chi connectivity index (χ0v) is 11.9. The second-order valence-corrected chi connectivity index (χ2v) is 4.70. The molecule has 0 bridgehead atoms. The third-order valence-corrected chi connectivity index (χ3v) is 2.78. The number of unbranched alkanes of at least 4 members (excludes halogenated alkanes) is 5. The summed E-state index contributed by atoms with van der Waals surface area (Å²) in [5, 5.41) is 5.72. The standard InChI is InChI=1S/C14H28N2O2/c1-3-10-14(18)16-12-9-7-5-4-6-8-11-15-13(2)17/h3-12H2,1-2H3,(H,15,17)(H,16,18). The maximum atomic E-state index is 11.2. The van der Waals surface area contributed by atoms with Crippen molar-refractivity contribution in [2.75, 3.05) is 13.1 Å². The van der Waals surface area contributed by atoms with Gasteiger partial charge in [0.15, 0.2) is 0 Å². The number of nitrogens with one attached hydrogen (secondary N) is 2. The van der Waals surface area contributed by atoms with Gasteiger partial charge in [-0.25, -0.2) is 0 Å². The molecule has 0 aromatic carbocycles. The summed E-state index contributed by atoms with van der Waals surface area (Å²) >= 11 is 0. The van der Waals surface area contributed by atoms with Crippen molar-refractivity contribution in [2.45, 2.75) is 65.2 Å². The lowest BCUT2D eigenvalue weighted by Crippen LogP contribution is -2.23. The summed E-state index contributed by atoms with van der Waals surface area (Å²) < 4.78 is 0. The van der Waals surface area contributed by atoms with E-state index in [1.165, 1.54) is 25.7 Å². The summed E-state index contributed by atoms with van der Waals surface area (Å²) in [6.07, 6.45) is 8.46. The molecule has 0 aromatic rings. The van der Waals surface area contributed by atoms with Crippen molar-refractivity contribution in [1.82, 2.24) is 10.6 Å². The molecule has 2 N–H and O–H groups in total. The highest BCUT2D eigenvalue weighted by Gasteiger charge is 1.97. The Kier molecular flexibility index (Phi) is 11.7. The molecule has 0 aromatic heterocycles. The van der Waals surface area contributed by atoms with Crippen molar-refractivity contribution in [3.8, 4) is 0 Å². The van der Waals surface area contributed by atoms with E-state index >= 15 is 0 Å². The van der Waals surface area contributed by atoms with Crippen LogP contribution in [0.5, 0.6) is 0 Å². The lowest BCUT2D eigenvalue weighted by atomic mass is 10.1. The number of hydrogen-bond acceptors (Lipinski definition) is 2. The highest BCUT2D eigenvalue weighted by molar-refractivity contribution is 5.75. The monoisotopic (exact) mass is 256 g/mol. The van der Waals surface area contributed by atoms with Gasteiger partial charge in [-0.1, -0.05) is 32.6 Å². The van der Waals surface area contributed by atoms with E-state index in [1.807, 2.05) is 6.92 Å². The van der Waals surface area contributed by atoms with Gasteiger partial charge in [0.05, 0.1) is 0 Å². The Bertz CT molecular complexity index is 230. The van der Waals surface area contributed by atoms with Gasteiger partial charge in [0, 0.05) is 26.4 Å². The maximum absolute atomic E-state index is 11.2. The first kappa shape index (κ1) is 16.9. The van der Waals surface area contributed by atoms with Crippen LogP contribution in [0, 0.1) is 0 Å². The summed E-state index contributed by atoms with van der Waals surface area (Å²) in [7, 11) is 0. The van der Waals surface area contributed by atoms with Gasteiger partial charge in [-0.3, -0.25) is 9.59 Å². The largest absolute Gasteiger partial charge is 0.356 e. The Balaban J connectivity index is 3.07. The molecule has 2 amide bonds. The van der Waals surface area contributed by atoms with Gasteiger partial charge in [0.1, 0.15) is 0 Å². The Morgan fingerprint density at radius 1 is 0.833 bits per heavy atom. The molecular formula is C14H28N2O2. The molecule has 0 aliphatic carbocycles. The first-order valence-corrected chi connectivity index (χ1v) is 7.18. The van der Waals surface area contributed by atoms with Crippen LogP contribution in [0.3, 0.4) is 0 Å². The van der Waals surface area contributed by atoms with Crippen molar-refractivity contribution < 1.29 is 9.59 Å². The Morgan fingerprint density at radius 2 is 1.33 bits per heavy atom. The average molecular weight is 256 g/mol. The third kappa shape index (κ3) is 13.0. The molecule has 106 valence electrons. The van der Waals surface area contributed by atoms with Gasteiger partial charge in [-0.05, 0) is 19.3 Å². The average Bonchev–Trinajstić information content (AvgIpc) is 2.31. The first-order valence-electron chi connectivity index (χ1n) is 7.18. The van der Waals surface area contributed by atoms with E-state index in [0.29, 0.717) is 6.42 Å². The number of hydrogen-bond donors (Lipinski definition) is 2. The van der Waals surface area contributed by atoms with E-state index in [9.17, 15) is 9.59 Å². The Hall–Kier alpha value is -1.06. The number of rotatable bonds is 11. The van der Waals surface area contributed by atoms with E-state index in [-0.39, 0.29) is 11.8 Å². The molecule has 4 heteroatoms. The van der Waals surface area contributed by atoms with Crippen LogP contribution >= 0.6 is 0 Å². The van der Waals surface area contributed by atoms with Gasteiger partial charge in [0.25, 0.3) is 0 Å². The van der Waals surface area contributed by atoms with Gasteiger partial charge in [-0.2, -0.15) is 0 Å². The van der Waals surface area contributed by atoms with Crippen LogP contribution in [0.2, 0.25) is 0 Å². The molecule has 4 nitrogen and oxygen atoms in total. The molecule has 0 fully saturated rings. The number of carbonyl (C=O) groups is 2. The molecule has 0 rings (SSSR count). The van der Waals surface area contributed by atoms with E-state index in [0.717, 1.165) is 32.4 Å². The Labute approximate surface area is 111 Å². The highest BCUT2D eigenvalue weighted by Crippen LogP contribution is 2.04. The number of carbonyl (C=O) groups excluding carboxylic acids is 2. The molecule has 0 atom stereocenters. The zero-order chi connectivity index (χ0) is 13.6. The van der Waals surface area contributed by atoms with Gasteiger partial charge >= 0.3 is 0 Å². The van der Waals surface area contributed by atoms with E-state index < -0.39 is 0 Å². The van der Waals surface area contributed by atoms with Crippen molar-refractivity contribution in [2.24, 2.45) is 0 Å². The minimum atomic E-state index is 0.0535. The Morgan fingerprint density at radius 3 is 1.83 bits per heavy atom. The summed E-state index contributed by atoms with van der Waals surface area (Å²) in [6.45, 7) is 5.17. The normalized spacial score (nSPS) is 10.1. The van der Waals surface area contributed by atoms with Crippen LogP contribution in [0.4, 0.5) is 0 Å². The van der Waals surface area contributed by atoms with E-state index in [4.69, 9.17) is 0 Å². The van der Waals surface area contributed by atoms with Crippen LogP contribution in [-0.2, 0) is 9.59 Å². The molecule has 0 spiro atoms. The molecule has 0 aliphatic rings. The summed E-state index contributed by atoms with van der Waals surface area (Å²) in [6, 6.07) is 0. The lowest BCUT2D eigenvalue weighted by Gasteiger charge is -2.04. The fourth-order valence-electron chi connectivity index (χ4n) is 1.76. The first-order chi connectivity index (χ1) is 8.66. The van der Waals surface area contributed by atoms with Crippen molar-refractivity contribution in [3.63, 3.8) is 0 Å². The van der Waals surface area contributed by atoms with Gasteiger partial charge in [-0.15, -0.1) is 0 Å². The third-order valence-electron chi connectivity index (χ3n) is 2.78. The molecule has 0 saturated carbocycles. The van der Waals surface area contributed by atoms with Crippen LogP contribution in [0.25, 0.3) is 0 Å². The molecule has 0 heterocycles. The summed E-state index contributed by atoms with van der Waals surface area (Å²) in [5.41, 5.74) is 0. The predicted molar refractivity (Wildman–Crippen MR) is 74.3 cm³/mol. The lowest BCUT2D eigenvalue weighted by molar-refractivity contribution is -0.121. The molecule has 0 unspecified atom stereocenters. The van der Waals surface area contributed by atoms with E-state index in [2.05, 4.69) is 10.6 Å². The quantitative estimate of drug-likeness (QED) is 0.558. The van der Waals surface area contributed by atoms with Crippen molar-refractivity contribution in [1.29, 1.82) is 0 Å². The highest BCUT2D eigenvalue weighted by atomic mass is 16.2. The minimum absolute atomic E-state index is 0.0535. The molecule has 0 saturated heterocycles. The maximum Gasteiger partial charge on any atom is 0.219 e. The molecule has 18 heavy (non-hydrogen) atoms. The SMILES string of the molecule is CCCC(=O)NCCCCCCCCNC(C)=O. The van der Waals surface area contributed by atoms with Crippen LogP contribution in [-0.4, -0.2) is 24.9 Å². The number of amides is 2. The fourth-order valence-corrected chi connectivity index (χ4v) is 1.76. The van der Waals surface area contributed by atoms with Crippen LogP contribution < -0.4 is 10.6 Å². The van der Waals surface area contributed by atoms with Crippen LogP contribution in [0.1, 0.15) is 65.2 Å². The smallest absolute Gasteiger partial charge is 0.219 e. The minimum Gasteiger partial charge on any atom is -0.356 e. The topological polar surface area (TPSA) is 58.2 Å². The molecular weight excluding hydrogens is 228 g/mol. The second kappa shape index (κ2) is 12.4. The van der Waals surface area contributed by atoms with Crippen molar-refractivity contribution in [3.05, 3.63) is 0 Å².